The van der Waals surface area contributed by atoms with Crippen molar-refractivity contribution >= 4 is 23.6 Å². The predicted molar refractivity (Wildman–Crippen MR) is 120 cm³/mol. The number of rotatable bonds is 10. The summed E-state index contributed by atoms with van der Waals surface area (Å²) in [6.45, 7) is 3.90. The summed E-state index contributed by atoms with van der Waals surface area (Å²) in [5, 5.41) is 2.71. The first-order valence-electron chi connectivity index (χ1n) is 9.96. The van der Waals surface area contributed by atoms with E-state index >= 15 is 0 Å². The molecule has 0 heterocycles. The maximum Gasteiger partial charge on any atom is 0.331 e. The molecule has 1 unspecified atom stereocenters. The summed E-state index contributed by atoms with van der Waals surface area (Å²) in [7, 11) is 4.53. The van der Waals surface area contributed by atoms with Crippen LogP contribution in [0.4, 0.5) is 5.69 Å². The number of hydrogen-bond donors (Lipinski definition) is 1. The predicted octanol–water partition coefficient (Wildman–Crippen LogP) is 4.42. The molecule has 0 saturated carbocycles. The van der Waals surface area contributed by atoms with Gasteiger partial charge in [-0.05, 0) is 53.8 Å². The van der Waals surface area contributed by atoms with Crippen molar-refractivity contribution in [2.75, 3.05) is 33.3 Å². The zero-order valence-corrected chi connectivity index (χ0v) is 18.6. The molecule has 7 nitrogen and oxygen atoms in total. The van der Waals surface area contributed by atoms with Crippen molar-refractivity contribution in [2.24, 2.45) is 0 Å². The lowest BCUT2D eigenvalue weighted by atomic mass is 9.99. The molecule has 0 aliphatic carbocycles. The molecule has 2 rings (SSSR count). The molecule has 7 heteroatoms. The summed E-state index contributed by atoms with van der Waals surface area (Å²) in [5.74, 6) is 0.797. The molecule has 0 bridgehead atoms. The van der Waals surface area contributed by atoms with Crippen LogP contribution in [0.15, 0.2) is 42.5 Å². The lowest BCUT2D eigenvalue weighted by Crippen LogP contribution is -2.20. The Bertz CT molecular complexity index is 895. The molecule has 0 fully saturated rings. The molecule has 0 aliphatic rings. The summed E-state index contributed by atoms with van der Waals surface area (Å²) >= 11 is 0. The first kappa shape index (κ1) is 23.8. The fourth-order valence-corrected chi connectivity index (χ4v) is 2.87. The smallest absolute Gasteiger partial charge is 0.331 e. The van der Waals surface area contributed by atoms with Gasteiger partial charge >= 0.3 is 5.97 Å². The van der Waals surface area contributed by atoms with Gasteiger partial charge in [0.15, 0.2) is 18.1 Å². The summed E-state index contributed by atoms with van der Waals surface area (Å²) in [6, 6.07) is 11.0. The Morgan fingerprint density at radius 2 is 1.61 bits per heavy atom. The van der Waals surface area contributed by atoms with Crippen molar-refractivity contribution in [1.29, 1.82) is 0 Å². The van der Waals surface area contributed by atoms with Crippen molar-refractivity contribution in [3.63, 3.8) is 0 Å². The van der Waals surface area contributed by atoms with E-state index in [9.17, 15) is 9.59 Å². The van der Waals surface area contributed by atoms with Gasteiger partial charge < -0.3 is 24.3 Å². The van der Waals surface area contributed by atoms with Crippen molar-refractivity contribution in [3.05, 3.63) is 53.6 Å². The normalized spacial score (nSPS) is 11.6. The van der Waals surface area contributed by atoms with Crippen molar-refractivity contribution < 1.29 is 28.5 Å². The summed E-state index contributed by atoms with van der Waals surface area (Å²) in [4.78, 5) is 24.0. The Labute approximate surface area is 183 Å². The third-order valence-electron chi connectivity index (χ3n) is 4.82. The Hall–Kier alpha value is -3.48. The number of esters is 1. The van der Waals surface area contributed by atoms with Crippen LogP contribution in [0, 0.1) is 0 Å². The zero-order valence-electron chi connectivity index (χ0n) is 18.6. The van der Waals surface area contributed by atoms with Gasteiger partial charge in [-0.1, -0.05) is 26.0 Å². The van der Waals surface area contributed by atoms with Crippen LogP contribution in [-0.2, 0) is 14.3 Å². The molecule has 1 N–H and O–H groups in total. The molecule has 2 aromatic carbocycles. The van der Waals surface area contributed by atoms with Gasteiger partial charge in [0.25, 0.3) is 5.91 Å². The van der Waals surface area contributed by atoms with E-state index in [0.717, 1.165) is 6.42 Å². The van der Waals surface area contributed by atoms with E-state index in [1.165, 1.54) is 33.0 Å². The SMILES string of the molecule is CCC(C)c1ccc(NC(=O)COC(=O)C=Cc2cc(OC)c(OC)c(OC)c2)cc1. The highest BCUT2D eigenvalue weighted by molar-refractivity contribution is 5.94. The van der Waals surface area contributed by atoms with Gasteiger partial charge in [0, 0.05) is 11.8 Å². The topological polar surface area (TPSA) is 83.1 Å². The van der Waals surface area contributed by atoms with E-state index in [1.807, 2.05) is 24.3 Å². The Balaban J connectivity index is 1.91. The van der Waals surface area contributed by atoms with E-state index in [4.69, 9.17) is 18.9 Å². The van der Waals surface area contributed by atoms with Crippen molar-refractivity contribution in [3.8, 4) is 17.2 Å². The number of carbonyl (C=O) groups is 2. The highest BCUT2D eigenvalue weighted by Gasteiger charge is 2.12. The van der Waals surface area contributed by atoms with Gasteiger partial charge in [0.05, 0.1) is 21.3 Å². The lowest BCUT2D eigenvalue weighted by molar-refractivity contribution is -0.142. The Morgan fingerprint density at radius 1 is 1.00 bits per heavy atom. The van der Waals surface area contributed by atoms with Crippen LogP contribution < -0.4 is 19.5 Å². The molecule has 1 amide bonds. The summed E-state index contributed by atoms with van der Waals surface area (Å²) in [6.07, 6.45) is 3.82. The maximum absolute atomic E-state index is 12.0. The summed E-state index contributed by atoms with van der Waals surface area (Å²) < 4.78 is 20.8. The fraction of sp³-hybridized carbons (Fsp3) is 0.333. The third kappa shape index (κ3) is 6.77. The first-order valence-corrected chi connectivity index (χ1v) is 9.96. The van der Waals surface area contributed by atoms with Crippen LogP contribution in [0.2, 0.25) is 0 Å². The largest absolute Gasteiger partial charge is 0.493 e. The van der Waals surface area contributed by atoms with Crippen LogP contribution in [0.25, 0.3) is 6.08 Å². The number of hydrogen-bond acceptors (Lipinski definition) is 6. The third-order valence-corrected chi connectivity index (χ3v) is 4.82. The second-order valence-electron chi connectivity index (χ2n) is 6.88. The Morgan fingerprint density at radius 3 is 2.13 bits per heavy atom. The highest BCUT2D eigenvalue weighted by Crippen LogP contribution is 2.38. The molecule has 0 spiro atoms. The number of methoxy groups -OCH3 is 3. The van der Waals surface area contributed by atoms with E-state index in [0.29, 0.717) is 34.4 Å². The number of benzene rings is 2. The average Bonchev–Trinajstić information content (AvgIpc) is 2.80. The molecule has 166 valence electrons. The second kappa shape index (κ2) is 11.6. The fourth-order valence-electron chi connectivity index (χ4n) is 2.87. The molecular weight excluding hydrogens is 398 g/mol. The van der Waals surface area contributed by atoms with Gasteiger partial charge in [-0.15, -0.1) is 0 Å². The van der Waals surface area contributed by atoms with Crippen molar-refractivity contribution in [2.45, 2.75) is 26.2 Å². The van der Waals surface area contributed by atoms with E-state index in [1.54, 1.807) is 18.2 Å². The molecule has 0 aliphatic heterocycles. The number of amides is 1. The van der Waals surface area contributed by atoms with E-state index in [2.05, 4.69) is 19.2 Å². The molecule has 0 aromatic heterocycles. The standard InChI is InChI=1S/C24H29NO6/c1-6-16(2)18-8-10-19(11-9-18)25-22(26)15-31-23(27)12-7-17-13-20(28-3)24(30-5)21(14-17)29-4/h7-14,16H,6,15H2,1-5H3,(H,25,26). The van der Waals surface area contributed by atoms with Crippen molar-refractivity contribution in [1.82, 2.24) is 0 Å². The van der Waals surface area contributed by atoms with Gasteiger partial charge in [-0.25, -0.2) is 4.79 Å². The van der Waals surface area contributed by atoms with Gasteiger partial charge in [-0.2, -0.15) is 0 Å². The number of ether oxygens (including phenoxy) is 4. The van der Waals surface area contributed by atoms with Crippen LogP contribution in [0.5, 0.6) is 17.2 Å². The van der Waals surface area contributed by atoms with Gasteiger partial charge in [0.1, 0.15) is 0 Å². The second-order valence-corrected chi connectivity index (χ2v) is 6.88. The zero-order chi connectivity index (χ0) is 22.8. The van der Waals surface area contributed by atoms with E-state index in [-0.39, 0.29) is 6.61 Å². The maximum atomic E-state index is 12.0. The highest BCUT2D eigenvalue weighted by atomic mass is 16.5. The molecule has 0 radical (unpaired) electrons. The van der Waals surface area contributed by atoms with Gasteiger partial charge in [-0.3, -0.25) is 4.79 Å². The van der Waals surface area contributed by atoms with E-state index < -0.39 is 11.9 Å². The molecule has 31 heavy (non-hydrogen) atoms. The minimum atomic E-state index is -0.643. The lowest BCUT2D eigenvalue weighted by Gasteiger charge is -2.12. The number of anilines is 1. The summed E-state index contributed by atoms with van der Waals surface area (Å²) in [5.41, 5.74) is 2.52. The van der Waals surface area contributed by atoms with Crippen LogP contribution in [-0.4, -0.2) is 39.8 Å². The molecule has 0 saturated heterocycles. The Kier molecular flexibility index (Phi) is 8.94. The first-order chi connectivity index (χ1) is 14.9. The monoisotopic (exact) mass is 427 g/mol. The molecule has 1 atom stereocenters. The number of nitrogens with one attached hydrogen (secondary N) is 1. The minimum absolute atomic E-state index is 0.383. The molecule has 2 aromatic rings. The quantitative estimate of drug-likeness (QED) is 0.446. The molecular formula is C24H29NO6. The van der Waals surface area contributed by atoms with Crippen LogP contribution in [0.1, 0.15) is 37.3 Å². The van der Waals surface area contributed by atoms with Crippen LogP contribution in [0.3, 0.4) is 0 Å². The minimum Gasteiger partial charge on any atom is -0.493 e. The van der Waals surface area contributed by atoms with Crippen LogP contribution >= 0.6 is 0 Å². The number of carbonyl (C=O) groups excluding carboxylic acids is 2. The van der Waals surface area contributed by atoms with Gasteiger partial charge in [0.2, 0.25) is 5.75 Å². The average molecular weight is 427 g/mol.